The molecule has 0 bridgehead atoms. The number of ketones is 2. The van der Waals surface area contributed by atoms with Crippen molar-refractivity contribution < 1.29 is 46.9 Å². The summed E-state index contributed by atoms with van der Waals surface area (Å²) in [5.74, 6) is -4.61. The van der Waals surface area contributed by atoms with E-state index < -0.39 is 51.6 Å². The molecule has 216 valence electrons. The molecule has 0 radical (unpaired) electrons. The molecule has 2 amide bonds. The average Bonchev–Trinajstić information content (AvgIpc) is 2.95. The SMILES string of the molecule is COc1ccc(S(=O)(=O)N(CC(C)C)C(=O)C(=O)C(=O)[C@@H](Cc2ccccc2)N(C(=O)O)C2COCOC2)cc1. The number of carbonyl (C=O) groups is 4. The van der Waals surface area contributed by atoms with Gasteiger partial charge in [-0.3, -0.25) is 19.3 Å². The van der Waals surface area contributed by atoms with E-state index in [2.05, 4.69) is 0 Å². The van der Waals surface area contributed by atoms with Crippen molar-refractivity contribution in [3.8, 4) is 5.75 Å². The van der Waals surface area contributed by atoms with Crippen LogP contribution in [0.1, 0.15) is 19.4 Å². The molecular formula is C27H32N2O10S. The molecule has 1 aliphatic rings. The van der Waals surface area contributed by atoms with Crippen molar-refractivity contribution in [1.82, 2.24) is 9.21 Å². The summed E-state index contributed by atoms with van der Waals surface area (Å²) in [6, 6.07) is 11.0. The number of carboxylic acid groups (broad SMARTS) is 1. The van der Waals surface area contributed by atoms with E-state index >= 15 is 0 Å². The van der Waals surface area contributed by atoms with Crippen LogP contribution in [0.15, 0.2) is 59.5 Å². The monoisotopic (exact) mass is 576 g/mol. The van der Waals surface area contributed by atoms with Gasteiger partial charge >= 0.3 is 12.0 Å². The smallest absolute Gasteiger partial charge is 0.408 e. The number of carbonyl (C=O) groups excluding carboxylic acids is 3. The standard InChI is InChI=1S/C27H32N2O10S/c1-18(2)14-28(40(35,36)22-11-9-21(37-3)10-12-22)26(32)25(31)24(30)23(13-19-7-5-4-6-8-19)29(27(33)34)20-15-38-17-39-16-20/h4-12,18,20,23H,13-17H2,1-3H3,(H,33,34)/t23-/m1/s1. The van der Waals surface area contributed by atoms with E-state index in [9.17, 15) is 32.7 Å². The Morgan fingerprint density at radius 3 is 2.12 bits per heavy atom. The fraction of sp³-hybridized carbons (Fsp3) is 0.407. The molecule has 1 aliphatic heterocycles. The third-order valence-electron chi connectivity index (χ3n) is 6.13. The van der Waals surface area contributed by atoms with Crippen molar-refractivity contribution in [3.05, 3.63) is 60.2 Å². The lowest BCUT2D eigenvalue weighted by Crippen LogP contribution is -2.58. The highest BCUT2D eigenvalue weighted by molar-refractivity contribution is 7.89. The Morgan fingerprint density at radius 2 is 1.60 bits per heavy atom. The second kappa shape index (κ2) is 13.5. The first kappa shape index (κ1) is 30.7. The van der Waals surface area contributed by atoms with Gasteiger partial charge in [-0.1, -0.05) is 44.2 Å². The van der Waals surface area contributed by atoms with Gasteiger partial charge < -0.3 is 19.3 Å². The fourth-order valence-electron chi connectivity index (χ4n) is 4.20. The molecule has 40 heavy (non-hydrogen) atoms. The normalized spacial score (nSPS) is 14.8. The van der Waals surface area contributed by atoms with Gasteiger partial charge in [-0.05, 0) is 35.7 Å². The summed E-state index contributed by atoms with van der Waals surface area (Å²) >= 11 is 0. The Labute approximate surface area is 232 Å². The third kappa shape index (κ3) is 7.23. The average molecular weight is 577 g/mol. The van der Waals surface area contributed by atoms with Gasteiger partial charge in [0.1, 0.15) is 18.6 Å². The number of hydrogen-bond donors (Lipinski definition) is 1. The summed E-state index contributed by atoms with van der Waals surface area (Å²) < 4.78 is 42.7. The fourth-order valence-corrected chi connectivity index (χ4v) is 5.73. The number of nitrogens with zero attached hydrogens (tertiary/aromatic N) is 2. The number of amides is 2. The lowest BCUT2D eigenvalue weighted by Gasteiger charge is -2.36. The first-order chi connectivity index (χ1) is 19.0. The molecule has 0 saturated carbocycles. The van der Waals surface area contributed by atoms with Crippen LogP contribution in [0.3, 0.4) is 0 Å². The zero-order valence-corrected chi connectivity index (χ0v) is 23.2. The van der Waals surface area contributed by atoms with Gasteiger partial charge in [-0.15, -0.1) is 0 Å². The molecule has 0 aliphatic carbocycles. The van der Waals surface area contributed by atoms with Crippen LogP contribution in [0.2, 0.25) is 0 Å². The minimum absolute atomic E-state index is 0.0634. The quantitative estimate of drug-likeness (QED) is 0.293. The topological polar surface area (TPSA) is 157 Å². The number of sulfonamides is 1. The molecule has 0 unspecified atom stereocenters. The van der Waals surface area contributed by atoms with Crippen molar-refractivity contribution in [2.45, 2.75) is 37.2 Å². The van der Waals surface area contributed by atoms with Crippen LogP contribution in [0, 0.1) is 5.92 Å². The van der Waals surface area contributed by atoms with E-state index in [0.29, 0.717) is 15.6 Å². The van der Waals surface area contributed by atoms with Gasteiger partial charge in [-0.25, -0.2) is 17.5 Å². The van der Waals surface area contributed by atoms with E-state index in [1.165, 1.54) is 31.4 Å². The lowest BCUT2D eigenvalue weighted by molar-refractivity contribution is -0.153. The first-order valence-corrected chi connectivity index (χ1v) is 13.9. The molecule has 3 rings (SSSR count). The number of ether oxygens (including phenoxy) is 3. The highest BCUT2D eigenvalue weighted by atomic mass is 32.2. The van der Waals surface area contributed by atoms with E-state index in [-0.39, 0.29) is 37.9 Å². The van der Waals surface area contributed by atoms with E-state index in [4.69, 9.17) is 14.2 Å². The summed E-state index contributed by atoms with van der Waals surface area (Å²) in [6.07, 6.45) is -1.77. The van der Waals surface area contributed by atoms with Crippen molar-refractivity contribution >= 4 is 33.6 Å². The molecular weight excluding hydrogens is 544 g/mol. The van der Waals surface area contributed by atoms with Gasteiger partial charge in [0.05, 0.1) is 31.3 Å². The molecule has 1 N–H and O–H groups in total. The molecule has 2 aromatic carbocycles. The number of rotatable bonds is 12. The van der Waals surface area contributed by atoms with Crippen molar-refractivity contribution in [2.24, 2.45) is 5.92 Å². The molecule has 0 aromatic heterocycles. The van der Waals surface area contributed by atoms with Gasteiger partial charge in [-0.2, -0.15) is 0 Å². The van der Waals surface area contributed by atoms with Crippen LogP contribution in [0.25, 0.3) is 0 Å². The lowest BCUT2D eigenvalue weighted by atomic mass is 9.96. The van der Waals surface area contributed by atoms with E-state index in [1.54, 1.807) is 44.2 Å². The Balaban J connectivity index is 2.00. The van der Waals surface area contributed by atoms with Crippen LogP contribution in [0.4, 0.5) is 4.79 Å². The van der Waals surface area contributed by atoms with Crippen LogP contribution >= 0.6 is 0 Å². The highest BCUT2D eigenvalue weighted by Gasteiger charge is 2.44. The largest absolute Gasteiger partial charge is 0.497 e. The summed E-state index contributed by atoms with van der Waals surface area (Å²) in [4.78, 5) is 53.2. The zero-order chi connectivity index (χ0) is 29.4. The Kier molecular flexibility index (Phi) is 10.4. The molecule has 1 heterocycles. The molecule has 1 atom stereocenters. The highest BCUT2D eigenvalue weighted by Crippen LogP contribution is 2.22. The van der Waals surface area contributed by atoms with Crippen LogP contribution in [-0.4, -0.2) is 92.0 Å². The number of benzene rings is 2. The molecule has 1 fully saturated rings. The Morgan fingerprint density at radius 1 is 1.00 bits per heavy atom. The number of Topliss-reactive ketones (excluding diaryl/α,β-unsaturated/α-hetero) is 2. The third-order valence-corrected chi connectivity index (χ3v) is 7.90. The molecule has 12 nitrogen and oxygen atoms in total. The molecule has 1 saturated heterocycles. The second-order valence-electron chi connectivity index (χ2n) is 9.51. The van der Waals surface area contributed by atoms with Gasteiger partial charge in [0.2, 0.25) is 5.78 Å². The predicted octanol–water partition coefficient (Wildman–Crippen LogP) is 1.97. The zero-order valence-electron chi connectivity index (χ0n) is 22.4. The minimum atomic E-state index is -4.56. The van der Waals surface area contributed by atoms with Gasteiger partial charge in [0, 0.05) is 13.0 Å². The van der Waals surface area contributed by atoms with Crippen molar-refractivity contribution in [3.63, 3.8) is 0 Å². The summed E-state index contributed by atoms with van der Waals surface area (Å²) in [6.45, 7) is 2.64. The van der Waals surface area contributed by atoms with Crippen LogP contribution in [-0.2, 0) is 40.3 Å². The predicted molar refractivity (Wildman–Crippen MR) is 141 cm³/mol. The van der Waals surface area contributed by atoms with Crippen LogP contribution < -0.4 is 4.74 Å². The summed E-state index contributed by atoms with van der Waals surface area (Å²) in [5, 5.41) is 10.0. The van der Waals surface area contributed by atoms with Crippen molar-refractivity contribution in [1.29, 1.82) is 0 Å². The first-order valence-electron chi connectivity index (χ1n) is 12.5. The Bertz CT molecular complexity index is 1310. The number of hydrogen-bond acceptors (Lipinski definition) is 9. The molecule has 2 aromatic rings. The van der Waals surface area contributed by atoms with Crippen molar-refractivity contribution in [2.75, 3.05) is 33.7 Å². The molecule has 0 spiro atoms. The summed E-state index contributed by atoms with van der Waals surface area (Å²) in [7, 11) is -3.15. The minimum Gasteiger partial charge on any atom is -0.497 e. The van der Waals surface area contributed by atoms with E-state index in [1.807, 2.05) is 0 Å². The van der Waals surface area contributed by atoms with E-state index in [0.717, 1.165) is 4.90 Å². The number of methoxy groups -OCH3 is 1. The maximum atomic E-state index is 13.6. The van der Waals surface area contributed by atoms with Gasteiger partial charge in [0.15, 0.2) is 0 Å². The Hall–Kier alpha value is -3.81. The van der Waals surface area contributed by atoms with Gasteiger partial charge in [0.25, 0.3) is 15.8 Å². The second-order valence-corrected chi connectivity index (χ2v) is 11.4. The maximum Gasteiger partial charge on any atom is 0.408 e. The molecule has 13 heteroatoms. The summed E-state index contributed by atoms with van der Waals surface area (Å²) in [5.41, 5.74) is 0.523. The van der Waals surface area contributed by atoms with Crippen LogP contribution in [0.5, 0.6) is 5.75 Å². The maximum absolute atomic E-state index is 13.6.